The Morgan fingerprint density at radius 2 is 1.82 bits per heavy atom. The van der Waals surface area contributed by atoms with Gasteiger partial charge in [0.1, 0.15) is 5.70 Å². The molecule has 0 aliphatic carbocycles. The van der Waals surface area contributed by atoms with E-state index in [0.717, 1.165) is 19.8 Å². The summed E-state index contributed by atoms with van der Waals surface area (Å²) in [6.07, 6.45) is 0. The molecule has 0 fully saturated rings. The predicted octanol–water partition coefficient (Wildman–Crippen LogP) is 6.86. The highest BCUT2D eigenvalue weighted by Crippen LogP contribution is 2.39. The van der Waals surface area contributed by atoms with E-state index in [2.05, 4.69) is 22.5 Å². The summed E-state index contributed by atoms with van der Waals surface area (Å²) in [4.78, 5) is 15.3. The number of carboxylic acid groups (broad SMARTS) is 1. The Bertz CT molecular complexity index is 1010. The lowest BCUT2D eigenvalue weighted by atomic mass is 10.2. The monoisotopic (exact) mass is 473 g/mol. The summed E-state index contributed by atoms with van der Waals surface area (Å²) in [7, 11) is 0. The van der Waals surface area contributed by atoms with Gasteiger partial charge in [-0.15, -0.1) is 0 Å². The van der Waals surface area contributed by atoms with E-state index in [4.69, 9.17) is 11.6 Å². The second-order valence-corrected chi connectivity index (χ2v) is 8.46. The fraction of sp³-hybridized carbons (Fsp3) is 0.0455. The molecule has 3 rings (SSSR count). The van der Waals surface area contributed by atoms with Crippen molar-refractivity contribution in [2.45, 2.75) is 16.3 Å². The maximum atomic E-state index is 11.7. The molecule has 0 unspecified atom stereocenters. The van der Waals surface area contributed by atoms with Crippen LogP contribution in [-0.2, 0) is 11.3 Å². The highest BCUT2D eigenvalue weighted by atomic mass is 79.9. The minimum Gasteiger partial charge on any atom is -0.477 e. The van der Waals surface area contributed by atoms with Crippen LogP contribution in [0.15, 0.2) is 99.3 Å². The third-order valence-corrected chi connectivity index (χ3v) is 5.77. The van der Waals surface area contributed by atoms with E-state index in [-0.39, 0.29) is 5.70 Å². The lowest BCUT2D eigenvalue weighted by molar-refractivity contribution is -0.132. The Hall–Kier alpha value is -2.21. The minimum absolute atomic E-state index is 0.0118. The van der Waals surface area contributed by atoms with Crippen molar-refractivity contribution in [3.63, 3.8) is 0 Å². The topological polar surface area (TPSA) is 40.5 Å². The zero-order valence-corrected chi connectivity index (χ0v) is 18.0. The number of rotatable bonds is 7. The van der Waals surface area contributed by atoms with E-state index in [1.165, 1.54) is 0 Å². The molecule has 3 nitrogen and oxygen atoms in total. The molecular weight excluding hydrogens is 458 g/mol. The lowest BCUT2D eigenvalue weighted by Crippen LogP contribution is -2.26. The maximum absolute atomic E-state index is 11.7. The fourth-order valence-electron chi connectivity index (χ4n) is 2.65. The van der Waals surface area contributed by atoms with Gasteiger partial charge in [-0.1, -0.05) is 82.3 Å². The predicted molar refractivity (Wildman–Crippen MR) is 119 cm³/mol. The molecule has 0 radical (unpaired) electrons. The summed E-state index contributed by atoms with van der Waals surface area (Å²) in [6.45, 7) is 4.16. The van der Waals surface area contributed by atoms with Gasteiger partial charge in [0.2, 0.25) is 0 Å². The van der Waals surface area contributed by atoms with E-state index < -0.39 is 5.97 Å². The molecule has 3 aromatic carbocycles. The van der Waals surface area contributed by atoms with Gasteiger partial charge in [-0.3, -0.25) is 0 Å². The molecule has 142 valence electrons. The van der Waals surface area contributed by atoms with Crippen LogP contribution in [0.25, 0.3) is 0 Å². The molecule has 6 heteroatoms. The summed E-state index contributed by atoms with van der Waals surface area (Å²) in [5.41, 5.74) is 1.67. The molecular formula is C22H17BrClNO2S. The Morgan fingerprint density at radius 3 is 2.50 bits per heavy atom. The van der Waals surface area contributed by atoms with Crippen LogP contribution in [0, 0.1) is 0 Å². The van der Waals surface area contributed by atoms with Crippen molar-refractivity contribution in [3.05, 3.63) is 100 Å². The van der Waals surface area contributed by atoms with Gasteiger partial charge in [0.15, 0.2) is 0 Å². The molecule has 0 atom stereocenters. The van der Waals surface area contributed by atoms with E-state index in [1.54, 1.807) is 28.8 Å². The van der Waals surface area contributed by atoms with Crippen molar-refractivity contribution >= 4 is 50.9 Å². The Morgan fingerprint density at radius 1 is 1.07 bits per heavy atom. The molecule has 0 aliphatic heterocycles. The first kappa shape index (κ1) is 20.5. The standard InChI is InChI=1S/C22H17BrClNO2S/c1-15(22(26)27)25(14-16-6-3-2-4-7-16)20-13-18(24)10-11-21(20)28-19-9-5-8-17(23)12-19/h2-13H,1,14H2,(H,26,27). The second kappa shape index (κ2) is 9.32. The fourth-order valence-corrected chi connectivity index (χ4v) is 4.37. The van der Waals surface area contributed by atoms with Crippen LogP contribution in [-0.4, -0.2) is 11.1 Å². The third kappa shape index (κ3) is 5.19. The molecule has 0 heterocycles. The smallest absolute Gasteiger partial charge is 0.351 e. The van der Waals surface area contributed by atoms with Crippen LogP contribution in [0.5, 0.6) is 0 Å². The number of aliphatic carboxylic acids is 1. The number of hydrogen-bond acceptors (Lipinski definition) is 3. The molecule has 0 spiro atoms. The normalized spacial score (nSPS) is 10.5. The van der Waals surface area contributed by atoms with Gasteiger partial charge in [0.25, 0.3) is 0 Å². The van der Waals surface area contributed by atoms with Gasteiger partial charge in [-0.05, 0) is 42.0 Å². The van der Waals surface area contributed by atoms with Crippen molar-refractivity contribution in [2.75, 3.05) is 4.90 Å². The van der Waals surface area contributed by atoms with E-state index in [1.807, 2.05) is 60.7 Å². The van der Waals surface area contributed by atoms with Crippen molar-refractivity contribution in [1.29, 1.82) is 0 Å². The SMILES string of the molecule is C=C(C(=O)O)N(Cc1ccccc1)c1cc(Cl)ccc1Sc1cccc(Br)c1. The maximum Gasteiger partial charge on any atom is 0.351 e. The number of nitrogens with zero attached hydrogens (tertiary/aromatic N) is 1. The molecule has 0 saturated carbocycles. The Kier molecular flexibility index (Phi) is 6.83. The first-order valence-electron chi connectivity index (χ1n) is 8.40. The van der Waals surface area contributed by atoms with Crippen molar-refractivity contribution < 1.29 is 9.90 Å². The molecule has 28 heavy (non-hydrogen) atoms. The zero-order chi connectivity index (χ0) is 20.1. The summed E-state index contributed by atoms with van der Waals surface area (Å²) in [6, 6.07) is 23.1. The van der Waals surface area contributed by atoms with Crippen LogP contribution < -0.4 is 4.90 Å². The third-order valence-electron chi connectivity index (χ3n) is 3.99. The number of hydrogen-bond donors (Lipinski definition) is 1. The van der Waals surface area contributed by atoms with Crippen LogP contribution >= 0.6 is 39.3 Å². The van der Waals surface area contributed by atoms with Crippen LogP contribution in [0.4, 0.5) is 5.69 Å². The average molecular weight is 475 g/mol. The van der Waals surface area contributed by atoms with Crippen LogP contribution in [0.3, 0.4) is 0 Å². The number of anilines is 1. The van der Waals surface area contributed by atoms with E-state index in [9.17, 15) is 9.90 Å². The highest BCUT2D eigenvalue weighted by molar-refractivity contribution is 9.10. The van der Waals surface area contributed by atoms with Crippen LogP contribution in [0.1, 0.15) is 5.56 Å². The Balaban J connectivity index is 2.04. The Labute approximate surface area is 181 Å². The molecule has 0 bridgehead atoms. The molecule has 0 aliphatic rings. The molecule has 0 saturated heterocycles. The average Bonchev–Trinajstić information content (AvgIpc) is 2.68. The van der Waals surface area contributed by atoms with Gasteiger partial charge in [0, 0.05) is 25.8 Å². The van der Waals surface area contributed by atoms with Gasteiger partial charge in [-0.2, -0.15) is 0 Å². The molecule has 3 aromatic rings. The van der Waals surface area contributed by atoms with E-state index >= 15 is 0 Å². The first-order chi connectivity index (χ1) is 13.4. The number of carbonyl (C=O) groups is 1. The zero-order valence-electron chi connectivity index (χ0n) is 14.8. The van der Waals surface area contributed by atoms with Gasteiger partial charge >= 0.3 is 5.97 Å². The minimum atomic E-state index is -1.07. The van der Waals surface area contributed by atoms with Gasteiger partial charge in [0.05, 0.1) is 5.69 Å². The van der Waals surface area contributed by atoms with Crippen molar-refractivity contribution in [1.82, 2.24) is 0 Å². The number of halogens is 2. The van der Waals surface area contributed by atoms with Crippen molar-refractivity contribution in [2.24, 2.45) is 0 Å². The van der Waals surface area contributed by atoms with E-state index in [0.29, 0.717) is 17.3 Å². The first-order valence-corrected chi connectivity index (χ1v) is 10.4. The lowest BCUT2D eigenvalue weighted by Gasteiger charge is -2.27. The molecule has 0 aromatic heterocycles. The molecule has 0 amide bonds. The van der Waals surface area contributed by atoms with Crippen LogP contribution in [0.2, 0.25) is 5.02 Å². The highest BCUT2D eigenvalue weighted by Gasteiger charge is 2.20. The molecule has 1 N–H and O–H groups in total. The largest absolute Gasteiger partial charge is 0.477 e. The summed E-state index contributed by atoms with van der Waals surface area (Å²) < 4.78 is 0.976. The number of benzene rings is 3. The summed E-state index contributed by atoms with van der Waals surface area (Å²) in [5, 5.41) is 10.1. The van der Waals surface area contributed by atoms with Gasteiger partial charge in [-0.25, -0.2) is 4.79 Å². The summed E-state index contributed by atoms with van der Waals surface area (Å²) >= 11 is 11.3. The quantitative estimate of drug-likeness (QED) is 0.380. The summed E-state index contributed by atoms with van der Waals surface area (Å²) in [5.74, 6) is -1.07. The number of carboxylic acids is 1. The second-order valence-electron chi connectivity index (χ2n) is 6.00. The van der Waals surface area contributed by atoms with Crippen molar-refractivity contribution in [3.8, 4) is 0 Å². The van der Waals surface area contributed by atoms with Gasteiger partial charge < -0.3 is 10.0 Å².